The minimum absolute atomic E-state index is 0.157. The van der Waals surface area contributed by atoms with Gasteiger partial charge in [0.05, 0.1) is 12.5 Å². The minimum atomic E-state index is -0.578. The van der Waals surface area contributed by atoms with E-state index in [4.69, 9.17) is 4.74 Å². The van der Waals surface area contributed by atoms with Gasteiger partial charge in [-0.1, -0.05) is 18.2 Å². The van der Waals surface area contributed by atoms with Gasteiger partial charge in [0.2, 0.25) is 0 Å². The molecule has 3 aromatic rings. The standard InChI is InChI=1S/C17H14N2O3/c1-11-8-9-13-15(20)10-14(17(21)22-2)19(16(13)18-11)12-6-4-3-5-7-12/h3-10H,1-2H3. The molecule has 0 fully saturated rings. The number of aryl methyl sites for hydroxylation is 1. The fourth-order valence-electron chi connectivity index (χ4n) is 2.38. The van der Waals surface area contributed by atoms with Crippen LogP contribution in [0.4, 0.5) is 0 Å². The van der Waals surface area contributed by atoms with Crippen LogP contribution in [0.1, 0.15) is 16.2 Å². The van der Waals surface area contributed by atoms with E-state index in [9.17, 15) is 9.59 Å². The Morgan fingerprint density at radius 1 is 1.14 bits per heavy atom. The molecule has 2 heterocycles. The molecule has 0 saturated carbocycles. The highest BCUT2D eigenvalue weighted by Gasteiger charge is 2.18. The van der Waals surface area contributed by atoms with Crippen LogP contribution in [0.25, 0.3) is 16.7 Å². The number of hydrogen-bond acceptors (Lipinski definition) is 4. The summed E-state index contributed by atoms with van der Waals surface area (Å²) in [6.45, 7) is 1.84. The molecule has 0 aliphatic rings. The molecule has 0 bridgehead atoms. The summed E-state index contributed by atoms with van der Waals surface area (Å²) in [4.78, 5) is 28.8. The molecule has 0 saturated heterocycles. The van der Waals surface area contributed by atoms with E-state index < -0.39 is 5.97 Å². The molecule has 2 aromatic heterocycles. The minimum Gasteiger partial charge on any atom is -0.464 e. The number of rotatable bonds is 2. The second-order valence-electron chi connectivity index (χ2n) is 4.88. The summed E-state index contributed by atoms with van der Waals surface area (Å²) in [6.07, 6.45) is 0. The highest BCUT2D eigenvalue weighted by atomic mass is 16.5. The monoisotopic (exact) mass is 294 g/mol. The molecule has 0 unspecified atom stereocenters. The zero-order valence-electron chi connectivity index (χ0n) is 12.2. The Kier molecular flexibility index (Phi) is 3.47. The van der Waals surface area contributed by atoms with E-state index in [0.29, 0.717) is 11.0 Å². The average molecular weight is 294 g/mol. The van der Waals surface area contributed by atoms with Crippen molar-refractivity contribution in [3.8, 4) is 5.69 Å². The van der Waals surface area contributed by atoms with Crippen LogP contribution in [-0.4, -0.2) is 22.6 Å². The van der Waals surface area contributed by atoms with E-state index in [1.165, 1.54) is 13.2 Å². The third-order valence-corrected chi connectivity index (χ3v) is 3.41. The summed E-state index contributed by atoms with van der Waals surface area (Å²) in [7, 11) is 1.29. The van der Waals surface area contributed by atoms with Crippen LogP contribution in [0.3, 0.4) is 0 Å². The first-order chi connectivity index (χ1) is 10.6. The smallest absolute Gasteiger partial charge is 0.355 e. The van der Waals surface area contributed by atoms with Crippen molar-refractivity contribution < 1.29 is 9.53 Å². The topological polar surface area (TPSA) is 61.2 Å². The maximum Gasteiger partial charge on any atom is 0.355 e. The SMILES string of the molecule is COC(=O)c1cc(=O)c2ccc(C)nc2n1-c1ccccc1. The van der Waals surface area contributed by atoms with Crippen molar-refractivity contribution in [2.45, 2.75) is 6.92 Å². The number of carbonyl (C=O) groups excluding carboxylic acids is 1. The van der Waals surface area contributed by atoms with E-state index in [1.54, 1.807) is 16.7 Å². The lowest BCUT2D eigenvalue weighted by Gasteiger charge is -2.15. The zero-order chi connectivity index (χ0) is 15.7. The Morgan fingerprint density at radius 3 is 2.55 bits per heavy atom. The van der Waals surface area contributed by atoms with E-state index in [-0.39, 0.29) is 11.1 Å². The van der Waals surface area contributed by atoms with Crippen molar-refractivity contribution >= 4 is 17.0 Å². The number of hydrogen-bond donors (Lipinski definition) is 0. The number of pyridine rings is 2. The van der Waals surface area contributed by atoms with Crippen LogP contribution in [0.5, 0.6) is 0 Å². The number of methoxy groups -OCH3 is 1. The van der Waals surface area contributed by atoms with E-state index in [0.717, 1.165) is 11.4 Å². The summed E-state index contributed by atoms with van der Waals surface area (Å²) >= 11 is 0. The van der Waals surface area contributed by atoms with Crippen molar-refractivity contribution in [2.24, 2.45) is 0 Å². The number of fused-ring (bicyclic) bond motifs is 1. The maximum absolute atomic E-state index is 12.3. The molecule has 22 heavy (non-hydrogen) atoms. The van der Waals surface area contributed by atoms with Crippen molar-refractivity contribution in [3.63, 3.8) is 0 Å². The van der Waals surface area contributed by atoms with Gasteiger partial charge in [-0.25, -0.2) is 9.78 Å². The van der Waals surface area contributed by atoms with E-state index in [2.05, 4.69) is 4.98 Å². The Bertz CT molecular complexity index is 914. The zero-order valence-corrected chi connectivity index (χ0v) is 12.2. The van der Waals surface area contributed by atoms with Crippen molar-refractivity contribution in [2.75, 3.05) is 7.11 Å². The largest absolute Gasteiger partial charge is 0.464 e. The molecular weight excluding hydrogens is 280 g/mol. The molecule has 0 aliphatic heterocycles. The lowest BCUT2D eigenvalue weighted by molar-refractivity contribution is 0.0591. The van der Waals surface area contributed by atoms with Crippen LogP contribution >= 0.6 is 0 Å². The number of benzene rings is 1. The highest BCUT2D eigenvalue weighted by molar-refractivity contribution is 5.92. The first-order valence-electron chi connectivity index (χ1n) is 6.79. The van der Waals surface area contributed by atoms with Gasteiger partial charge in [0.25, 0.3) is 0 Å². The molecule has 0 aliphatic carbocycles. The third-order valence-electron chi connectivity index (χ3n) is 3.41. The number of para-hydroxylation sites is 1. The van der Waals surface area contributed by atoms with Gasteiger partial charge in [-0.3, -0.25) is 9.36 Å². The molecular formula is C17H14N2O3. The molecule has 0 atom stereocenters. The highest BCUT2D eigenvalue weighted by Crippen LogP contribution is 2.18. The van der Waals surface area contributed by atoms with Gasteiger partial charge < -0.3 is 4.74 Å². The lowest BCUT2D eigenvalue weighted by atomic mass is 10.2. The van der Waals surface area contributed by atoms with Gasteiger partial charge in [0.1, 0.15) is 11.3 Å². The van der Waals surface area contributed by atoms with E-state index >= 15 is 0 Å². The van der Waals surface area contributed by atoms with Gasteiger partial charge in [0.15, 0.2) is 5.43 Å². The molecule has 1 aromatic carbocycles. The van der Waals surface area contributed by atoms with Crippen LogP contribution in [0, 0.1) is 6.92 Å². The van der Waals surface area contributed by atoms with Crippen molar-refractivity contribution in [1.82, 2.24) is 9.55 Å². The predicted molar refractivity (Wildman–Crippen MR) is 83.4 cm³/mol. The van der Waals surface area contributed by atoms with Gasteiger partial charge in [-0.2, -0.15) is 0 Å². The number of carbonyl (C=O) groups is 1. The molecule has 0 amide bonds. The number of ether oxygens (including phenoxy) is 1. The summed E-state index contributed by atoms with van der Waals surface area (Å²) in [6, 6.07) is 14.1. The Morgan fingerprint density at radius 2 is 1.86 bits per heavy atom. The average Bonchev–Trinajstić information content (AvgIpc) is 2.54. The molecule has 5 heteroatoms. The molecule has 3 rings (SSSR count). The molecule has 110 valence electrons. The van der Waals surface area contributed by atoms with Crippen molar-refractivity contribution in [1.29, 1.82) is 0 Å². The number of nitrogens with zero attached hydrogens (tertiary/aromatic N) is 2. The first kappa shape index (κ1) is 14.0. The summed E-state index contributed by atoms with van der Waals surface area (Å²) in [5, 5.41) is 0.460. The van der Waals surface area contributed by atoms with Crippen molar-refractivity contribution in [3.05, 3.63) is 70.1 Å². The molecule has 0 spiro atoms. The third kappa shape index (κ3) is 2.26. The van der Waals surface area contributed by atoms with Crippen LogP contribution < -0.4 is 5.43 Å². The lowest BCUT2D eigenvalue weighted by Crippen LogP contribution is -2.19. The number of aromatic nitrogens is 2. The normalized spacial score (nSPS) is 10.6. The van der Waals surface area contributed by atoms with Gasteiger partial charge in [-0.15, -0.1) is 0 Å². The quantitative estimate of drug-likeness (QED) is 0.681. The Labute approximate surface area is 126 Å². The molecule has 0 N–H and O–H groups in total. The van der Waals surface area contributed by atoms with E-state index in [1.807, 2.05) is 37.3 Å². The summed E-state index contributed by atoms with van der Waals surface area (Å²) in [5.74, 6) is -0.578. The van der Waals surface area contributed by atoms with Crippen LogP contribution in [-0.2, 0) is 4.74 Å². The van der Waals surface area contributed by atoms with Crippen LogP contribution in [0.15, 0.2) is 53.3 Å². The maximum atomic E-state index is 12.3. The Balaban J connectivity index is 2.49. The molecule has 5 nitrogen and oxygen atoms in total. The van der Waals surface area contributed by atoms with Gasteiger partial charge in [0, 0.05) is 17.4 Å². The Hall–Kier alpha value is -2.95. The second-order valence-corrected chi connectivity index (χ2v) is 4.88. The van der Waals surface area contributed by atoms with Crippen LogP contribution in [0.2, 0.25) is 0 Å². The summed E-state index contributed by atoms with van der Waals surface area (Å²) < 4.78 is 6.45. The fourth-order valence-corrected chi connectivity index (χ4v) is 2.38. The van der Waals surface area contributed by atoms with Gasteiger partial charge >= 0.3 is 5.97 Å². The second kappa shape index (κ2) is 5.44. The number of esters is 1. The summed E-state index contributed by atoms with van der Waals surface area (Å²) in [5.41, 5.74) is 1.85. The predicted octanol–water partition coefficient (Wildman–Crippen LogP) is 2.48. The fraction of sp³-hybridized carbons (Fsp3) is 0.118. The van der Waals surface area contributed by atoms with Gasteiger partial charge in [-0.05, 0) is 31.2 Å². The molecule has 0 radical (unpaired) electrons. The first-order valence-corrected chi connectivity index (χ1v) is 6.79.